The Bertz CT molecular complexity index is 834. The number of nitrogens with one attached hydrogen (secondary N) is 1. The number of rotatable bonds is 10. The Hall–Kier alpha value is -3.22. The third-order valence-electron chi connectivity index (χ3n) is 4.05. The van der Waals surface area contributed by atoms with Crippen molar-refractivity contribution in [3.05, 3.63) is 47.5 Å². The Labute approximate surface area is 164 Å². The number of aromatic carboxylic acids is 1. The van der Waals surface area contributed by atoms with Gasteiger partial charge in [0.15, 0.2) is 11.5 Å². The first-order chi connectivity index (χ1) is 13.5. The number of aryl methyl sites for hydroxylation is 1. The molecule has 2 aromatic carbocycles. The summed E-state index contributed by atoms with van der Waals surface area (Å²) in [6.45, 7) is 2.44. The lowest BCUT2D eigenvalue weighted by Crippen LogP contribution is -2.14. The van der Waals surface area contributed by atoms with Gasteiger partial charge in [-0.05, 0) is 48.7 Å². The summed E-state index contributed by atoms with van der Waals surface area (Å²) >= 11 is 0. The summed E-state index contributed by atoms with van der Waals surface area (Å²) in [5.41, 5.74) is 1.36. The van der Waals surface area contributed by atoms with Crippen LogP contribution in [0.2, 0.25) is 0 Å². The topological polar surface area (TPSA) is 94.1 Å². The minimum absolute atomic E-state index is 0.0824. The maximum absolute atomic E-state index is 12.4. The SMILES string of the molecule is CCCOc1ccc(C(=O)O)cc1NC(=O)CCc1ccc(OC)c(OC)c1. The van der Waals surface area contributed by atoms with Gasteiger partial charge in [0.2, 0.25) is 5.91 Å². The Balaban J connectivity index is 2.07. The third kappa shape index (κ3) is 5.64. The van der Waals surface area contributed by atoms with Crippen LogP contribution in [-0.2, 0) is 11.2 Å². The van der Waals surface area contributed by atoms with Crippen LogP contribution in [-0.4, -0.2) is 37.8 Å². The number of carbonyl (C=O) groups excluding carboxylic acids is 1. The van der Waals surface area contributed by atoms with Crippen molar-refractivity contribution in [1.29, 1.82) is 0 Å². The molecule has 0 aliphatic carbocycles. The van der Waals surface area contributed by atoms with Crippen LogP contribution in [0.4, 0.5) is 5.69 Å². The molecule has 0 aromatic heterocycles. The largest absolute Gasteiger partial charge is 0.493 e. The lowest BCUT2D eigenvalue weighted by Gasteiger charge is -2.13. The van der Waals surface area contributed by atoms with Crippen molar-refractivity contribution in [2.75, 3.05) is 26.1 Å². The summed E-state index contributed by atoms with van der Waals surface area (Å²) in [4.78, 5) is 23.6. The Kier molecular flexibility index (Phi) is 7.68. The summed E-state index contributed by atoms with van der Waals surface area (Å²) < 4.78 is 16.1. The number of carbonyl (C=O) groups is 2. The summed E-state index contributed by atoms with van der Waals surface area (Å²) in [6.07, 6.45) is 1.52. The minimum Gasteiger partial charge on any atom is -0.493 e. The van der Waals surface area contributed by atoms with Gasteiger partial charge in [-0.15, -0.1) is 0 Å². The van der Waals surface area contributed by atoms with Gasteiger partial charge in [0, 0.05) is 6.42 Å². The second kappa shape index (κ2) is 10.2. The van der Waals surface area contributed by atoms with Gasteiger partial charge in [-0.25, -0.2) is 4.79 Å². The van der Waals surface area contributed by atoms with Gasteiger partial charge >= 0.3 is 5.97 Å². The fraction of sp³-hybridized carbons (Fsp3) is 0.333. The first-order valence-corrected chi connectivity index (χ1v) is 8.99. The van der Waals surface area contributed by atoms with Crippen molar-refractivity contribution < 1.29 is 28.9 Å². The van der Waals surface area contributed by atoms with E-state index in [0.29, 0.717) is 36.0 Å². The van der Waals surface area contributed by atoms with Crippen LogP contribution in [0.5, 0.6) is 17.2 Å². The van der Waals surface area contributed by atoms with Crippen LogP contribution in [0.1, 0.15) is 35.7 Å². The number of hydrogen-bond donors (Lipinski definition) is 2. The average Bonchev–Trinajstić information content (AvgIpc) is 2.70. The zero-order valence-corrected chi connectivity index (χ0v) is 16.3. The number of hydrogen-bond acceptors (Lipinski definition) is 5. The monoisotopic (exact) mass is 387 g/mol. The van der Waals surface area contributed by atoms with Crippen molar-refractivity contribution in [2.24, 2.45) is 0 Å². The number of amides is 1. The smallest absolute Gasteiger partial charge is 0.335 e. The number of methoxy groups -OCH3 is 2. The van der Waals surface area contributed by atoms with Gasteiger partial charge in [-0.1, -0.05) is 13.0 Å². The highest BCUT2D eigenvalue weighted by atomic mass is 16.5. The zero-order chi connectivity index (χ0) is 20.5. The fourth-order valence-corrected chi connectivity index (χ4v) is 2.61. The van der Waals surface area contributed by atoms with Crippen LogP contribution in [0.15, 0.2) is 36.4 Å². The summed E-state index contributed by atoms with van der Waals surface area (Å²) in [5, 5.41) is 11.9. The first-order valence-electron chi connectivity index (χ1n) is 8.99. The van der Waals surface area contributed by atoms with E-state index in [1.807, 2.05) is 19.1 Å². The molecule has 2 rings (SSSR count). The molecule has 0 radical (unpaired) electrons. The average molecular weight is 387 g/mol. The van der Waals surface area contributed by atoms with E-state index in [2.05, 4.69) is 5.32 Å². The number of carboxylic acid groups (broad SMARTS) is 1. The van der Waals surface area contributed by atoms with E-state index in [0.717, 1.165) is 12.0 Å². The minimum atomic E-state index is -1.07. The third-order valence-corrected chi connectivity index (χ3v) is 4.05. The van der Waals surface area contributed by atoms with Gasteiger partial charge in [0.05, 0.1) is 32.1 Å². The highest BCUT2D eigenvalue weighted by Crippen LogP contribution is 2.29. The normalized spacial score (nSPS) is 10.2. The molecular weight excluding hydrogens is 362 g/mol. The molecule has 0 spiro atoms. The quantitative estimate of drug-likeness (QED) is 0.645. The van der Waals surface area contributed by atoms with Crippen LogP contribution >= 0.6 is 0 Å². The summed E-state index contributed by atoms with van der Waals surface area (Å²) in [5.74, 6) is 0.372. The highest BCUT2D eigenvalue weighted by Gasteiger charge is 2.13. The molecule has 150 valence electrons. The second-order valence-corrected chi connectivity index (χ2v) is 6.10. The molecule has 0 fully saturated rings. The lowest BCUT2D eigenvalue weighted by molar-refractivity contribution is -0.116. The lowest BCUT2D eigenvalue weighted by atomic mass is 10.1. The van der Waals surface area contributed by atoms with E-state index in [-0.39, 0.29) is 17.9 Å². The van der Waals surface area contributed by atoms with E-state index in [1.165, 1.54) is 12.1 Å². The maximum atomic E-state index is 12.4. The summed E-state index contributed by atoms with van der Waals surface area (Å²) in [7, 11) is 3.12. The van der Waals surface area contributed by atoms with Crippen molar-refractivity contribution in [2.45, 2.75) is 26.2 Å². The van der Waals surface area contributed by atoms with Gasteiger partial charge in [-0.2, -0.15) is 0 Å². The molecule has 0 atom stereocenters. The Morgan fingerprint density at radius 1 is 1.00 bits per heavy atom. The molecule has 0 heterocycles. The number of ether oxygens (including phenoxy) is 3. The van der Waals surface area contributed by atoms with Crippen LogP contribution in [0.3, 0.4) is 0 Å². The second-order valence-electron chi connectivity index (χ2n) is 6.10. The molecule has 28 heavy (non-hydrogen) atoms. The molecule has 2 aromatic rings. The van der Waals surface area contributed by atoms with Gasteiger partial charge in [0.25, 0.3) is 0 Å². The van der Waals surface area contributed by atoms with Crippen LogP contribution in [0, 0.1) is 0 Å². The first kappa shape index (κ1) is 21.1. The van der Waals surface area contributed by atoms with Crippen LogP contribution in [0.25, 0.3) is 0 Å². The molecule has 7 nitrogen and oxygen atoms in total. The standard InChI is InChI=1S/C21H25NO6/c1-4-11-28-17-9-7-15(21(24)25)13-16(17)22-20(23)10-6-14-5-8-18(26-2)19(12-14)27-3/h5,7-9,12-13H,4,6,10-11H2,1-3H3,(H,22,23)(H,24,25). The molecule has 7 heteroatoms. The highest BCUT2D eigenvalue weighted by molar-refractivity contribution is 5.95. The molecule has 0 bridgehead atoms. The molecule has 1 amide bonds. The molecule has 2 N–H and O–H groups in total. The molecule has 0 aliphatic rings. The van der Waals surface area contributed by atoms with Gasteiger partial charge in [0.1, 0.15) is 5.75 Å². The van der Waals surface area contributed by atoms with Crippen molar-refractivity contribution in [1.82, 2.24) is 0 Å². The van der Waals surface area contributed by atoms with E-state index >= 15 is 0 Å². The number of anilines is 1. The van der Waals surface area contributed by atoms with E-state index in [4.69, 9.17) is 14.2 Å². The zero-order valence-electron chi connectivity index (χ0n) is 16.3. The van der Waals surface area contributed by atoms with Crippen molar-refractivity contribution in [3.63, 3.8) is 0 Å². The Morgan fingerprint density at radius 3 is 2.36 bits per heavy atom. The molecule has 0 unspecified atom stereocenters. The maximum Gasteiger partial charge on any atom is 0.335 e. The summed E-state index contributed by atoms with van der Waals surface area (Å²) in [6, 6.07) is 9.90. The van der Waals surface area contributed by atoms with E-state index < -0.39 is 5.97 Å². The van der Waals surface area contributed by atoms with Gasteiger partial charge in [-0.3, -0.25) is 4.79 Å². The predicted octanol–water partition coefficient (Wildman–Crippen LogP) is 3.76. The molecular formula is C21H25NO6. The van der Waals surface area contributed by atoms with Crippen molar-refractivity contribution in [3.8, 4) is 17.2 Å². The number of carboxylic acids is 1. The van der Waals surface area contributed by atoms with Gasteiger partial charge < -0.3 is 24.6 Å². The molecule has 0 saturated heterocycles. The fourth-order valence-electron chi connectivity index (χ4n) is 2.61. The number of benzene rings is 2. The van der Waals surface area contributed by atoms with E-state index in [1.54, 1.807) is 26.4 Å². The van der Waals surface area contributed by atoms with Crippen molar-refractivity contribution >= 4 is 17.6 Å². The van der Waals surface area contributed by atoms with E-state index in [9.17, 15) is 14.7 Å². The molecule has 0 aliphatic heterocycles. The van der Waals surface area contributed by atoms with Crippen LogP contribution < -0.4 is 19.5 Å². The predicted molar refractivity (Wildman–Crippen MR) is 106 cm³/mol. The Morgan fingerprint density at radius 2 is 1.71 bits per heavy atom. The molecule has 0 saturated carbocycles.